The van der Waals surface area contributed by atoms with Gasteiger partial charge in [-0.05, 0) is 18.6 Å². The molecule has 0 bridgehead atoms. The van der Waals surface area contributed by atoms with Crippen molar-refractivity contribution in [1.29, 1.82) is 0 Å². The Labute approximate surface area is 99.3 Å². The van der Waals surface area contributed by atoms with Crippen LogP contribution in [0.15, 0.2) is 12.4 Å². The van der Waals surface area contributed by atoms with Crippen molar-refractivity contribution in [3.05, 3.63) is 18.2 Å². The zero-order valence-electron chi connectivity index (χ0n) is 9.32. The highest BCUT2D eigenvalue weighted by atomic mass is 32.2. The molecule has 0 saturated heterocycles. The van der Waals surface area contributed by atoms with Gasteiger partial charge in [-0.15, -0.1) is 0 Å². The Bertz CT molecular complexity index is 331. The predicted molar refractivity (Wildman–Crippen MR) is 65.2 cm³/mol. The summed E-state index contributed by atoms with van der Waals surface area (Å²) in [5.41, 5.74) is 0. The fourth-order valence-corrected chi connectivity index (χ4v) is 3.26. The van der Waals surface area contributed by atoms with Crippen LogP contribution in [0.4, 0.5) is 10.3 Å². The molecule has 16 heavy (non-hydrogen) atoms. The van der Waals surface area contributed by atoms with Crippen molar-refractivity contribution < 1.29 is 4.39 Å². The van der Waals surface area contributed by atoms with Gasteiger partial charge in [-0.2, -0.15) is 11.8 Å². The van der Waals surface area contributed by atoms with E-state index < -0.39 is 5.82 Å². The molecule has 0 amide bonds. The van der Waals surface area contributed by atoms with Gasteiger partial charge in [0, 0.05) is 11.3 Å². The van der Waals surface area contributed by atoms with Crippen molar-refractivity contribution in [2.75, 3.05) is 11.1 Å². The lowest BCUT2D eigenvalue weighted by atomic mass is 10.2. The molecule has 1 aliphatic carbocycles. The van der Waals surface area contributed by atoms with Crippen molar-refractivity contribution in [1.82, 2.24) is 9.97 Å². The van der Waals surface area contributed by atoms with Gasteiger partial charge in [0.2, 0.25) is 5.95 Å². The quantitative estimate of drug-likeness (QED) is 0.879. The lowest BCUT2D eigenvalue weighted by molar-refractivity contribution is 0.613. The Kier molecular flexibility index (Phi) is 3.98. The summed E-state index contributed by atoms with van der Waals surface area (Å²) < 4.78 is 12.6. The van der Waals surface area contributed by atoms with Crippen LogP contribution >= 0.6 is 11.8 Å². The fraction of sp³-hybridized carbons (Fsp3) is 0.636. The van der Waals surface area contributed by atoms with E-state index >= 15 is 0 Å². The van der Waals surface area contributed by atoms with Crippen LogP contribution in [0.2, 0.25) is 0 Å². The summed E-state index contributed by atoms with van der Waals surface area (Å²) in [4.78, 5) is 7.86. The van der Waals surface area contributed by atoms with Gasteiger partial charge in [-0.3, -0.25) is 0 Å². The summed E-state index contributed by atoms with van der Waals surface area (Å²) in [5.74, 6) is 1.28. The average Bonchev–Trinajstić information content (AvgIpc) is 2.70. The molecule has 1 aromatic heterocycles. The van der Waals surface area contributed by atoms with Crippen molar-refractivity contribution in [3.8, 4) is 0 Å². The fourth-order valence-electron chi connectivity index (χ4n) is 2.06. The minimum absolute atomic E-state index is 0.392. The normalized spacial score (nSPS) is 24.6. The van der Waals surface area contributed by atoms with E-state index in [1.165, 1.54) is 25.2 Å². The van der Waals surface area contributed by atoms with E-state index in [-0.39, 0.29) is 0 Å². The van der Waals surface area contributed by atoms with Crippen LogP contribution in [0.25, 0.3) is 0 Å². The second-order valence-corrected chi connectivity index (χ2v) is 5.42. The summed E-state index contributed by atoms with van der Waals surface area (Å²) in [6.07, 6.45) is 6.05. The van der Waals surface area contributed by atoms with E-state index in [9.17, 15) is 4.39 Å². The molecule has 2 rings (SSSR count). The van der Waals surface area contributed by atoms with Crippen molar-refractivity contribution in [3.63, 3.8) is 0 Å². The zero-order chi connectivity index (χ0) is 11.4. The maximum atomic E-state index is 12.6. The molecule has 5 heteroatoms. The number of aromatic nitrogens is 2. The molecule has 88 valence electrons. The topological polar surface area (TPSA) is 37.8 Å². The molecule has 1 fully saturated rings. The molecule has 0 aliphatic heterocycles. The molecule has 3 nitrogen and oxygen atoms in total. The number of rotatable bonds is 4. The van der Waals surface area contributed by atoms with E-state index in [1.54, 1.807) is 0 Å². The van der Waals surface area contributed by atoms with Gasteiger partial charge in [-0.1, -0.05) is 13.3 Å². The highest BCUT2D eigenvalue weighted by molar-refractivity contribution is 7.99. The lowest BCUT2D eigenvalue weighted by Gasteiger charge is -2.19. The second-order valence-electron chi connectivity index (χ2n) is 3.90. The van der Waals surface area contributed by atoms with Crippen LogP contribution in [0.1, 0.15) is 26.2 Å². The van der Waals surface area contributed by atoms with Crippen LogP contribution in [0, 0.1) is 5.82 Å². The number of hydrogen-bond donors (Lipinski definition) is 1. The van der Waals surface area contributed by atoms with Gasteiger partial charge in [0.15, 0.2) is 5.82 Å². The van der Waals surface area contributed by atoms with Crippen molar-refractivity contribution in [2.45, 2.75) is 37.5 Å². The average molecular weight is 241 g/mol. The molecule has 2 unspecified atom stereocenters. The minimum atomic E-state index is -0.392. The highest BCUT2D eigenvalue weighted by Crippen LogP contribution is 2.31. The maximum Gasteiger partial charge on any atom is 0.223 e. The van der Waals surface area contributed by atoms with Crippen LogP contribution in [0.5, 0.6) is 0 Å². The first-order valence-corrected chi connectivity index (χ1v) is 6.70. The Morgan fingerprint density at radius 1 is 1.44 bits per heavy atom. The first kappa shape index (κ1) is 11.6. The lowest BCUT2D eigenvalue weighted by Crippen LogP contribution is -2.27. The Balaban J connectivity index is 1.95. The van der Waals surface area contributed by atoms with Gasteiger partial charge in [0.25, 0.3) is 0 Å². The van der Waals surface area contributed by atoms with Gasteiger partial charge in [-0.25, -0.2) is 14.4 Å². The highest BCUT2D eigenvalue weighted by Gasteiger charge is 2.27. The third-order valence-corrected chi connectivity index (χ3v) is 4.09. The second kappa shape index (κ2) is 5.48. The number of thioether (sulfide) groups is 1. The Morgan fingerprint density at radius 2 is 2.19 bits per heavy atom. The monoisotopic (exact) mass is 241 g/mol. The third kappa shape index (κ3) is 2.84. The molecule has 0 spiro atoms. The van der Waals surface area contributed by atoms with Crippen LogP contribution in [0.3, 0.4) is 0 Å². The van der Waals surface area contributed by atoms with E-state index in [4.69, 9.17) is 0 Å². The molecule has 0 radical (unpaired) electrons. The molecular formula is C11H16FN3S. The summed E-state index contributed by atoms with van der Waals surface area (Å²) in [6.45, 7) is 2.18. The maximum absolute atomic E-state index is 12.6. The Hall–Kier alpha value is -0.840. The van der Waals surface area contributed by atoms with E-state index in [2.05, 4.69) is 22.2 Å². The van der Waals surface area contributed by atoms with Gasteiger partial charge >= 0.3 is 0 Å². The smallest absolute Gasteiger partial charge is 0.223 e. The first-order valence-electron chi connectivity index (χ1n) is 5.65. The summed E-state index contributed by atoms with van der Waals surface area (Å²) in [5, 5.41) is 3.93. The first-order chi connectivity index (χ1) is 7.79. The minimum Gasteiger partial charge on any atom is -0.350 e. The molecule has 0 aromatic carbocycles. The molecule has 1 aliphatic rings. The molecule has 2 atom stereocenters. The standard InChI is InChI=1S/C11H16FN3S/c1-2-16-10-5-3-4-9(10)15-11-13-6-8(12)7-14-11/h6-7,9-10H,2-5H2,1H3,(H,13,14,15). The SMILES string of the molecule is CCSC1CCCC1Nc1ncc(F)cn1. The van der Waals surface area contributed by atoms with Crippen molar-refractivity contribution >= 4 is 17.7 Å². The van der Waals surface area contributed by atoms with Crippen molar-refractivity contribution in [2.24, 2.45) is 0 Å². The Morgan fingerprint density at radius 3 is 2.88 bits per heavy atom. The van der Waals surface area contributed by atoms with Crippen LogP contribution in [-0.4, -0.2) is 27.0 Å². The molecular weight excluding hydrogens is 225 g/mol. The van der Waals surface area contributed by atoms with Gasteiger partial charge < -0.3 is 5.32 Å². The number of nitrogens with zero attached hydrogens (tertiary/aromatic N) is 2. The van der Waals surface area contributed by atoms with Crippen LogP contribution < -0.4 is 5.32 Å². The molecule has 1 saturated carbocycles. The summed E-state index contributed by atoms with van der Waals surface area (Å²) >= 11 is 1.98. The van der Waals surface area contributed by atoms with E-state index in [0.29, 0.717) is 17.2 Å². The number of anilines is 1. The number of nitrogens with one attached hydrogen (secondary N) is 1. The summed E-state index contributed by atoms with van der Waals surface area (Å²) in [7, 11) is 0. The van der Waals surface area contributed by atoms with E-state index in [0.717, 1.165) is 12.2 Å². The number of halogens is 1. The predicted octanol–water partition coefficient (Wildman–Crippen LogP) is 2.70. The largest absolute Gasteiger partial charge is 0.350 e. The van der Waals surface area contributed by atoms with Crippen LogP contribution in [-0.2, 0) is 0 Å². The van der Waals surface area contributed by atoms with Gasteiger partial charge in [0.05, 0.1) is 12.4 Å². The molecule has 1 aromatic rings. The van der Waals surface area contributed by atoms with Gasteiger partial charge in [0.1, 0.15) is 0 Å². The number of hydrogen-bond acceptors (Lipinski definition) is 4. The third-order valence-electron chi connectivity index (χ3n) is 2.77. The molecule has 1 heterocycles. The zero-order valence-corrected chi connectivity index (χ0v) is 10.1. The molecule has 1 N–H and O–H groups in total. The van der Waals surface area contributed by atoms with E-state index in [1.807, 2.05) is 11.8 Å². The summed E-state index contributed by atoms with van der Waals surface area (Å²) in [6, 6.07) is 0.426.